The highest BCUT2D eigenvalue weighted by molar-refractivity contribution is 5.96. The number of ether oxygens (including phenoxy) is 1. The van der Waals surface area contributed by atoms with Gasteiger partial charge in [-0.2, -0.15) is 0 Å². The normalized spacial score (nSPS) is 18.6. The lowest BCUT2D eigenvalue weighted by Gasteiger charge is -2.25. The largest absolute Gasteiger partial charge is 0.491 e. The Kier molecular flexibility index (Phi) is 4.79. The second-order valence-corrected chi connectivity index (χ2v) is 7.00. The minimum absolute atomic E-state index is 0.0342. The van der Waals surface area contributed by atoms with Crippen LogP contribution in [0.5, 0.6) is 5.75 Å². The number of anilines is 1. The fraction of sp³-hybridized carbons (Fsp3) is 0.333. The van der Waals surface area contributed by atoms with Crippen molar-refractivity contribution in [2.45, 2.75) is 25.8 Å². The summed E-state index contributed by atoms with van der Waals surface area (Å²) in [5, 5.41) is 2.92. The molecule has 6 heteroatoms. The maximum absolute atomic E-state index is 13.5. The quantitative estimate of drug-likeness (QED) is 0.906. The molecule has 0 aromatic heterocycles. The summed E-state index contributed by atoms with van der Waals surface area (Å²) in [5.74, 6) is -0.00792. The molecule has 2 aliphatic rings. The molecule has 2 heterocycles. The smallest absolute Gasteiger partial charge is 0.227 e. The predicted molar refractivity (Wildman–Crippen MR) is 98.8 cm³/mol. The predicted octanol–water partition coefficient (Wildman–Crippen LogP) is 3.14. The zero-order chi connectivity index (χ0) is 18.8. The van der Waals surface area contributed by atoms with Crippen LogP contribution in [0.4, 0.5) is 10.1 Å². The first-order valence-corrected chi connectivity index (χ1v) is 9.18. The lowest BCUT2D eigenvalue weighted by Crippen LogP contribution is -2.34. The van der Waals surface area contributed by atoms with Crippen LogP contribution in [0.15, 0.2) is 42.5 Å². The van der Waals surface area contributed by atoms with Gasteiger partial charge >= 0.3 is 0 Å². The summed E-state index contributed by atoms with van der Waals surface area (Å²) in [5.41, 5.74) is 2.63. The van der Waals surface area contributed by atoms with Gasteiger partial charge < -0.3 is 15.0 Å². The van der Waals surface area contributed by atoms with Crippen LogP contribution >= 0.6 is 0 Å². The Morgan fingerprint density at radius 3 is 2.96 bits per heavy atom. The number of rotatable bonds is 3. The van der Waals surface area contributed by atoms with Crippen molar-refractivity contribution in [2.75, 3.05) is 18.5 Å². The van der Waals surface area contributed by atoms with Crippen molar-refractivity contribution < 1.29 is 18.7 Å². The zero-order valence-electron chi connectivity index (χ0n) is 14.9. The summed E-state index contributed by atoms with van der Waals surface area (Å²) in [4.78, 5) is 26.7. The van der Waals surface area contributed by atoms with E-state index in [-0.39, 0.29) is 30.0 Å². The molecular weight excluding hydrogens is 347 g/mol. The first-order valence-electron chi connectivity index (χ1n) is 9.18. The van der Waals surface area contributed by atoms with E-state index < -0.39 is 0 Å². The van der Waals surface area contributed by atoms with E-state index in [4.69, 9.17) is 4.74 Å². The Morgan fingerprint density at radius 2 is 2.07 bits per heavy atom. The summed E-state index contributed by atoms with van der Waals surface area (Å²) in [7, 11) is 0. The molecule has 0 aliphatic carbocycles. The highest BCUT2D eigenvalue weighted by Gasteiger charge is 2.27. The standard InChI is InChI=1S/C21H21FN2O3/c22-17-6-7-19-16(12-17)13-24(9-10-27-19)20(25)8-5-15-11-14-3-1-2-4-18(14)23-21(15)26/h1-4,6-7,12,15H,5,8-11,13H2,(H,23,26). The summed E-state index contributed by atoms with van der Waals surface area (Å²) < 4.78 is 19.1. The van der Waals surface area contributed by atoms with Gasteiger partial charge in [0, 0.05) is 30.1 Å². The lowest BCUT2D eigenvalue weighted by molar-refractivity contribution is -0.132. The molecule has 140 valence electrons. The van der Waals surface area contributed by atoms with Crippen molar-refractivity contribution in [3.05, 3.63) is 59.4 Å². The average molecular weight is 368 g/mol. The average Bonchev–Trinajstić information content (AvgIpc) is 2.88. The van der Waals surface area contributed by atoms with Gasteiger partial charge in [-0.3, -0.25) is 9.59 Å². The monoisotopic (exact) mass is 368 g/mol. The van der Waals surface area contributed by atoms with Gasteiger partial charge in [0.05, 0.1) is 6.54 Å². The first-order chi connectivity index (χ1) is 13.1. The number of halogens is 1. The van der Waals surface area contributed by atoms with Crippen LogP contribution in [0.1, 0.15) is 24.0 Å². The van der Waals surface area contributed by atoms with Crippen LogP contribution in [-0.2, 0) is 22.6 Å². The minimum Gasteiger partial charge on any atom is -0.491 e. The molecule has 5 nitrogen and oxygen atoms in total. The van der Waals surface area contributed by atoms with E-state index in [1.807, 2.05) is 24.3 Å². The Balaban J connectivity index is 1.39. The van der Waals surface area contributed by atoms with E-state index >= 15 is 0 Å². The number of nitrogens with one attached hydrogen (secondary N) is 1. The second kappa shape index (κ2) is 7.39. The molecule has 2 aromatic rings. The Morgan fingerprint density at radius 1 is 1.22 bits per heavy atom. The van der Waals surface area contributed by atoms with Crippen LogP contribution in [0.3, 0.4) is 0 Å². The molecule has 2 amide bonds. The van der Waals surface area contributed by atoms with Gasteiger partial charge in [0.2, 0.25) is 11.8 Å². The van der Waals surface area contributed by atoms with E-state index in [0.29, 0.717) is 43.9 Å². The number of hydrogen-bond donors (Lipinski definition) is 1. The summed E-state index contributed by atoms with van der Waals surface area (Å²) >= 11 is 0. The molecule has 0 saturated heterocycles. The number of hydrogen-bond acceptors (Lipinski definition) is 3. The number of amides is 2. The Labute approximate surface area is 157 Å². The fourth-order valence-corrected chi connectivity index (χ4v) is 3.68. The third-order valence-corrected chi connectivity index (χ3v) is 5.17. The van der Waals surface area contributed by atoms with Gasteiger partial charge in [-0.1, -0.05) is 18.2 Å². The van der Waals surface area contributed by atoms with Gasteiger partial charge in [0.15, 0.2) is 0 Å². The Hall–Kier alpha value is -2.89. The molecule has 27 heavy (non-hydrogen) atoms. The summed E-state index contributed by atoms with van der Waals surface area (Å²) in [6.07, 6.45) is 1.42. The van der Waals surface area contributed by atoms with Crippen LogP contribution in [0.2, 0.25) is 0 Å². The lowest BCUT2D eigenvalue weighted by atomic mass is 9.89. The first kappa shape index (κ1) is 17.5. The molecule has 2 aromatic carbocycles. The molecule has 0 radical (unpaired) electrons. The minimum atomic E-state index is -0.343. The zero-order valence-corrected chi connectivity index (χ0v) is 14.9. The summed E-state index contributed by atoms with van der Waals surface area (Å²) in [6.45, 7) is 1.15. The Bertz CT molecular complexity index is 883. The van der Waals surface area contributed by atoms with Crippen LogP contribution < -0.4 is 10.1 Å². The molecule has 0 saturated carbocycles. The van der Waals surface area contributed by atoms with Crippen molar-refractivity contribution >= 4 is 17.5 Å². The van der Waals surface area contributed by atoms with Crippen LogP contribution in [-0.4, -0.2) is 29.9 Å². The van der Waals surface area contributed by atoms with E-state index in [0.717, 1.165) is 11.3 Å². The number of carbonyl (C=O) groups excluding carboxylic acids is 2. The molecule has 2 aliphatic heterocycles. The second-order valence-electron chi connectivity index (χ2n) is 7.00. The van der Waals surface area contributed by atoms with Crippen molar-refractivity contribution in [1.82, 2.24) is 4.90 Å². The third kappa shape index (κ3) is 3.79. The van der Waals surface area contributed by atoms with Gasteiger partial charge in [-0.15, -0.1) is 0 Å². The molecule has 1 atom stereocenters. The van der Waals surface area contributed by atoms with Gasteiger partial charge in [0.1, 0.15) is 18.2 Å². The molecule has 4 rings (SSSR count). The van der Waals surface area contributed by atoms with Gasteiger partial charge in [-0.05, 0) is 42.7 Å². The molecular formula is C21H21FN2O3. The van der Waals surface area contributed by atoms with Crippen molar-refractivity contribution in [2.24, 2.45) is 5.92 Å². The molecule has 1 unspecified atom stereocenters. The van der Waals surface area contributed by atoms with E-state index in [1.54, 1.807) is 11.0 Å². The maximum atomic E-state index is 13.5. The van der Waals surface area contributed by atoms with E-state index in [1.165, 1.54) is 12.1 Å². The molecule has 0 bridgehead atoms. The highest BCUT2D eigenvalue weighted by Crippen LogP contribution is 2.28. The van der Waals surface area contributed by atoms with Crippen molar-refractivity contribution in [3.8, 4) is 5.75 Å². The van der Waals surface area contributed by atoms with Gasteiger partial charge in [0.25, 0.3) is 0 Å². The number of nitrogens with zero attached hydrogens (tertiary/aromatic N) is 1. The van der Waals surface area contributed by atoms with E-state index in [2.05, 4.69) is 5.32 Å². The van der Waals surface area contributed by atoms with Crippen LogP contribution in [0.25, 0.3) is 0 Å². The van der Waals surface area contributed by atoms with Gasteiger partial charge in [-0.25, -0.2) is 4.39 Å². The SMILES string of the molecule is O=C1Nc2ccccc2CC1CCC(=O)N1CCOc2ccc(F)cc2C1. The molecule has 0 spiro atoms. The third-order valence-electron chi connectivity index (χ3n) is 5.17. The topological polar surface area (TPSA) is 58.6 Å². The fourth-order valence-electron chi connectivity index (χ4n) is 3.68. The van der Waals surface area contributed by atoms with Crippen molar-refractivity contribution in [1.29, 1.82) is 0 Å². The highest BCUT2D eigenvalue weighted by atomic mass is 19.1. The number of fused-ring (bicyclic) bond motifs is 2. The molecule has 0 fully saturated rings. The number of carbonyl (C=O) groups is 2. The van der Waals surface area contributed by atoms with Crippen LogP contribution in [0, 0.1) is 11.7 Å². The summed E-state index contributed by atoms with van der Waals surface area (Å²) in [6, 6.07) is 12.1. The number of benzene rings is 2. The number of para-hydroxylation sites is 1. The maximum Gasteiger partial charge on any atom is 0.227 e. The van der Waals surface area contributed by atoms with E-state index in [9.17, 15) is 14.0 Å². The van der Waals surface area contributed by atoms with Crippen molar-refractivity contribution in [3.63, 3.8) is 0 Å². The molecule has 1 N–H and O–H groups in total.